The number of rotatable bonds is 5. The van der Waals surface area contributed by atoms with Gasteiger partial charge in [0, 0.05) is 0 Å². The molecule has 20 heavy (non-hydrogen) atoms. The average molecular weight is 282 g/mol. The number of nitrogens with two attached hydrogens (primary N) is 1. The lowest BCUT2D eigenvalue weighted by Gasteiger charge is -2.23. The normalized spacial score (nSPS) is 12.8. The second-order valence-electron chi connectivity index (χ2n) is 5.52. The first-order valence-electron chi connectivity index (χ1n) is 6.50. The van der Waals surface area contributed by atoms with Crippen LogP contribution in [0.25, 0.3) is 0 Å². The third-order valence-electron chi connectivity index (χ3n) is 2.53. The summed E-state index contributed by atoms with van der Waals surface area (Å²) in [5.41, 5.74) is 5.34. The van der Waals surface area contributed by atoms with Crippen molar-refractivity contribution in [1.82, 2.24) is 14.9 Å². The van der Waals surface area contributed by atoms with Crippen molar-refractivity contribution in [3.63, 3.8) is 0 Å². The minimum Gasteiger partial charge on any atom is -0.444 e. The van der Waals surface area contributed by atoms with Crippen LogP contribution < -0.4 is 11.1 Å². The SMILES string of the molecule is CC[C@@H](NC(=O)OC(C)(C)C)c1cncn1CC(N)=O. The predicted octanol–water partition coefficient (Wildman–Crippen LogP) is 1.34. The molecule has 0 radical (unpaired) electrons. The zero-order valence-electron chi connectivity index (χ0n) is 12.3. The largest absolute Gasteiger partial charge is 0.444 e. The van der Waals surface area contributed by atoms with E-state index < -0.39 is 17.6 Å². The van der Waals surface area contributed by atoms with E-state index in [2.05, 4.69) is 10.3 Å². The Kier molecular flexibility index (Phi) is 5.12. The Bertz CT molecular complexity index is 476. The molecule has 0 aliphatic rings. The molecule has 1 heterocycles. The van der Waals surface area contributed by atoms with Crippen molar-refractivity contribution in [3.8, 4) is 0 Å². The van der Waals surface area contributed by atoms with Crippen molar-refractivity contribution in [2.24, 2.45) is 5.73 Å². The zero-order chi connectivity index (χ0) is 15.3. The van der Waals surface area contributed by atoms with Gasteiger partial charge >= 0.3 is 6.09 Å². The van der Waals surface area contributed by atoms with Crippen molar-refractivity contribution in [2.75, 3.05) is 0 Å². The molecule has 3 N–H and O–H groups in total. The van der Waals surface area contributed by atoms with Gasteiger partial charge in [-0.3, -0.25) is 4.79 Å². The summed E-state index contributed by atoms with van der Waals surface area (Å²) in [5, 5.41) is 2.77. The van der Waals surface area contributed by atoms with Crippen LogP contribution in [0, 0.1) is 0 Å². The van der Waals surface area contributed by atoms with Crippen LogP contribution in [0.15, 0.2) is 12.5 Å². The predicted molar refractivity (Wildman–Crippen MR) is 73.8 cm³/mol. The molecule has 0 fully saturated rings. The first kappa shape index (κ1) is 16.0. The number of ether oxygens (including phenoxy) is 1. The van der Waals surface area contributed by atoms with Crippen molar-refractivity contribution < 1.29 is 14.3 Å². The summed E-state index contributed by atoms with van der Waals surface area (Å²) < 4.78 is 6.84. The summed E-state index contributed by atoms with van der Waals surface area (Å²) in [6.07, 6.45) is 3.26. The molecular weight excluding hydrogens is 260 g/mol. The molecule has 7 heteroatoms. The maximum absolute atomic E-state index is 11.8. The summed E-state index contributed by atoms with van der Waals surface area (Å²) in [6.45, 7) is 7.34. The summed E-state index contributed by atoms with van der Waals surface area (Å²) in [4.78, 5) is 26.8. The fraction of sp³-hybridized carbons (Fsp3) is 0.615. The number of carbonyl (C=O) groups is 2. The van der Waals surface area contributed by atoms with E-state index in [0.29, 0.717) is 6.42 Å². The standard InChI is InChI=1S/C13H22N4O3/c1-5-9(16-12(19)20-13(2,3)4)10-6-15-8-17(10)7-11(14)18/h6,8-9H,5,7H2,1-4H3,(H2,14,18)(H,16,19)/t9-/m1/s1. The highest BCUT2D eigenvalue weighted by Crippen LogP contribution is 2.17. The number of alkyl carbamates (subject to hydrolysis) is 1. The molecule has 112 valence electrons. The number of nitrogens with one attached hydrogen (secondary N) is 1. The lowest BCUT2D eigenvalue weighted by Crippen LogP contribution is -2.35. The number of imidazole rings is 1. The number of aromatic nitrogens is 2. The van der Waals surface area contributed by atoms with Crippen molar-refractivity contribution in [2.45, 2.75) is 52.3 Å². The smallest absolute Gasteiger partial charge is 0.408 e. The molecule has 1 aromatic heterocycles. The lowest BCUT2D eigenvalue weighted by molar-refractivity contribution is -0.118. The molecule has 1 rings (SSSR count). The Morgan fingerprint density at radius 1 is 1.50 bits per heavy atom. The Morgan fingerprint density at radius 2 is 2.15 bits per heavy atom. The minimum absolute atomic E-state index is 0.0296. The van der Waals surface area contributed by atoms with Gasteiger partial charge in [-0.1, -0.05) is 6.92 Å². The van der Waals surface area contributed by atoms with E-state index >= 15 is 0 Å². The Morgan fingerprint density at radius 3 is 2.65 bits per heavy atom. The monoisotopic (exact) mass is 282 g/mol. The zero-order valence-corrected chi connectivity index (χ0v) is 12.3. The average Bonchev–Trinajstić information content (AvgIpc) is 2.70. The van der Waals surface area contributed by atoms with Gasteiger partial charge in [0.05, 0.1) is 24.3 Å². The molecule has 0 aromatic carbocycles. The lowest BCUT2D eigenvalue weighted by atomic mass is 10.1. The van der Waals surface area contributed by atoms with E-state index in [4.69, 9.17) is 10.5 Å². The van der Waals surface area contributed by atoms with Crippen LogP contribution in [0.2, 0.25) is 0 Å². The van der Waals surface area contributed by atoms with Gasteiger partial charge < -0.3 is 20.4 Å². The summed E-state index contributed by atoms with van der Waals surface area (Å²) in [7, 11) is 0. The highest BCUT2D eigenvalue weighted by Gasteiger charge is 2.21. The van der Waals surface area contributed by atoms with Crippen molar-refractivity contribution >= 4 is 12.0 Å². The summed E-state index contributed by atoms with van der Waals surface area (Å²) in [5.74, 6) is -0.462. The number of nitrogens with zero attached hydrogens (tertiary/aromatic N) is 2. The maximum Gasteiger partial charge on any atom is 0.408 e. The van der Waals surface area contributed by atoms with Gasteiger partial charge in [0.2, 0.25) is 5.91 Å². The molecule has 0 bridgehead atoms. The van der Waals surface area contributed by atoms with Crippen molar-refractivity contribution in [3.05, 3.63) is 18.2 Å². The van der Waals surface area contributed by atoms with Gasteiger partial charge in [-0.05, 0) is 27.2 Å². The molecule has 1 aromatic rings. The van der Waals surface area contributed by atoms with Gasteiger partial charge in [-0.2, -0.15) is 0 Å². The fourth-order valence-corrected chi connectivity index (χ4v) is 1.76. The van der Waals surface area contributed by atoms with Crippen LogP contribution in [-0.2, 0) is 16.1 Å². The third kappa shape index (κ3) is 4.91. The fourth-order valence-electron chi connectivity index (χ4n) is 1.76. The van der Waals surface area contributed by atoms with E-state index in [1.807, 2.05) is 6.92 Å². The Hall–Kier alpha value is -2.05. The molecule has 0 aliphatic heterocycles. The van der Waals surface area contributed by atoms with E-state index in [0.717, 1.165) is 5.69 Å². The van der Waals surface area contributed by atoms with E-state index in [1.165, 1.54) is 6.33 Å². The van der Waals surface area contributed by atoms with E-state index in [1.54, 1.807) is 31.5 Å². The highest BCUT2D eigenvalue weighted by molar-refractivity contribution is 5.73. The number of amides is 2. The first-order valence-corrected chi connectivity index (χ1v) is 6.50. The summed E-state index contributed by atoms with van der Waals surface area (Å²) >= 11 is 0. The van der Waals surface area contributed by atoms with Gasteiger partial charge in [0.1, 0.15) is 12.1 Å². The minimum atomic E-state index is -0.560. The molecule has 0 saturated carbocycles. The van der Waals surface area contributed by atoms with Gasteiger partial charge in [0.25, 0.3) is 0 Å². The molecule has 2 amide bonds. The van der Waals surface area contributed by atoms with Crippen LogP contribution in [0.1, 0.15) is 45.9 Å². The maximum atomic E-state index is 11.8. The van der Waals surface area contributed by atoms with Crippen molar-refractivity contribution in [1.29, 1.82) is 0 Å². The quantitative estimate of drug-likeness (QED) is 0.851. The van der Waals surface area contributed by atoms with Gasteiger partial charge in [-0.25, -0.2) is 9.78 Å². The molecule has 0 spiro atoms. The molecule has 0 unspecified atom stereocenters. The number of hydrogen-bond acceptors (Lipinski definition) is 4. The highest BCUT2D eigenvalue weighted by atomic mass is 16.6. The Balaban J connectivity index is 2.78. The Labute approximate surface area is 118 Å². The van der Waals surface area contributed by atoms with Crippen LogP contribution in [0.4, 0.5) is 4.79 Å². The first-order chi connectivity index (χ1) is 9.23. The second-order valence-corrected chi connectivity index (χ2v) is 5.52. The van der Waals surface area contributed by atoms with Crippen LogP contribution in [0.3, 0.4) is 0 Å². The van der Waals surface area contributed by atoms with Crippen LogP contribution in [0.5, 0.6) is 0 Å². The van der Waals surface area contributed by atoms with Crippen LogP contribution >= 0.6 is 0 Å². The number of hydrogen-bond donors (Lipinski definition) is 2. The molecule has 0 saturated heterocycles. The van der Waals surface area contributed by atoms with Gasteiger partial charge in [0.15, 0.2) is 0 Å². The number of carbonyl (C=O) groups excluding carboxylic acids is 2. The number of primary amides is 1. The molecular formula is C13H22N4O3. The topological polar surface area (TPSA) is 99.2 Å². The van der Waals surface area contributed by atoms with E-state index in [-0.39, 0.29) is 12.6 Å². The van der Waals surface area contributed by atoms with Crippen LogP contribution in [-0.4, -0.2) is 27.2 Å². The second kappa shape index (κ2) is 6.40. The summed E-state index contributed by atoms with van der Waals surface area (Å²) in [6, 6.07) is -0.285. The molecule has 0 aliphatic carbocycles. The van der Waals surface area contributed by atoms with Gasteiger partial charge in [-0.15, -0.1) is 0 Å². The van der Waals surface area contributed by atoms with E-state index in [9.17, 15) is 9.59 Å². The molecule has 1 atom stereocenters. The molecule has 7 nitrogen and oxygen atoms in total. The third-order valence-corrected chi connectivity index (χ3v) is 2.53.